The van der Waals surface area contributed by atoms with E-state index in [4.69, 9.17) is 18.9 Å². The van der Waals surface area contributed by atoms with Crippen molar-refractivity contribution in [3.05, 3.63) is 376 Å². The van der Waals surface area contributed by atoms with E-state index in [9.17, 15) is 0 Å². The predicted octanol–water partition coefficient (Wildman–Crippen LogP) is 10.5. The molecule has 12 aromatic rings. The average molecular weight is 1410 g/mol. The molecule has 0 saturated carbocycles. The van der Waals surface area contributed by atoms with Crippen LogP contribution < -0.4 is 78.9 Å². The Labute approximate surface area is 608 Å². The molecule has 12 aromatic carbocycles. The van der Waals surface area contributed by atoms with Gasteiger partial charge in [-0.25, -0.2) is 0 Å². The minimum atomic E-state index is -4.27. The van der Waals surface area contributed by atoms with Gasteiger partial charge in [0, 0.05) is 0 Å². The van der Waals surface area contributed by atoms with Crippen molar-refractivity contribution >= 4 is 101 Å². The normalized spacial score (nSPS) is 16.8. The first-order valence-electron chi connectivity index (χ1n) is 36.7. The van der Waals surface area contributed by atoms with Crippen LogP contribution >= 0.6 is 0 Å². The summed E-state index contributed by atoms with van der Waals surface area (Å²) in [5, 5.41) is 10.3. The summed E-state index contributed by atoms with van der Waals surface area (Å²) in [5.41, 5.74) is 34.9. The number of benzene rings is 12. The van der Waals surface area contributed by atoms with Crippen molar-refractivity contribution in [2.75, 3.05) is 46.5 Å². The fourth-order valence-corrected chi connectivity index (χ4v) is 29.5. The quantitative estimate of drug-likeness (QED) is 0.140. The molecule has 0 saturated heterocycles. The Morgan fingerprint density at radius 1 is 0.238 bits per heavy atom. The van der Waals surface area contributed by atoms with Gasteiger partial charge in [0.1, 0.15) is 0 Å². The second-order valence-electron chi connectivity index (χ2n) is 29.8. The van der Waals surface area contributed by atoms with Gasteiger partial charge in [-0.15, -0.1) is 0 Å². The molecular weight excluding hydrogens is 1350 g/mol. The number of rotatable bonds is 8. The number of hydrogen-bond acceptors (Lipinski definition) is 8. The summed E-state index contributed by atoms with van der Waals surface area (Å²) in [4.78, 5) is 9.63. The Kier molecular flexibility index (Phi) is 12.0. The van der Waals surface area contributed by atoms with Crippen LogP contribution in [0.25, 0.3) is 91.6 Å². The van der Waals surface area contributed by atoms with E-state index < -0.39 is 13.3 Å². The standard InChI is InChI=1S/C96H64GeN4O4/c1-5-13-81-57(9-1)33-61-37-65-41-69-49-102-53-98(93(69)89(65)45-85(61)81)77-25-17-73(18-26-77)97(74-19-27-78(28-20-74)99-54-103-50-70-42-66-38-62-34-58-10-2-6-14-82(58)86(62)46-90(66)94(70)99,75-21-29-79(30-22-75)100-55-104-51-71-43-67-39-63-35-59-11-3-7-15-83(59)87(63)47-91(67)95(71)100)76-23-31-80(32-24-76)101-56-105-52-72-44-68-40-64-36-60-12-4-8-16-84(60)88(64)48-92(68)96(72)101/h1-40,45-52H,41-44,53-56H2. The number of hydrogen-bond donors (Lipinski definition) is 0. The summed E-state index contributed by atoms with van der Waals surface area (Å²) in [5.74, 6) is 0. The summed E-state index contributed by atoms with van der Waals surface area (Å²) >= 11 is -4.27. The molecule has 0 bridgehead atoms. The van der Waals surface area contributed by atoms with Crippen molar-refractivity contribution in [1.82, 2.24) is 0 Å². The number of nitrogens with zero attached hydrogens (tertiary/aromatic N) is 4. The Hall–Kier alpha value is -12.5. The number of fused-ring (bicyclic) bond motifs is 20. The van der Waals surface area contributed by atoms with Crippen molar-refractivity contribution in [3.8, 4) is 44.5 Å². The molecule has 0 N–H and O–H groups in total. The van der Waals surface area contributed by atoms with E-state index in [0.29, 0.717) is 26.9 Å². The van der Waals surface area contributed by atoms with Gasteiger partial charge in [0.2, 0.25) is 0 Å². The first-order valence-corrected chi connectivity index (χ1v) is 40.9. The molecule has 0 amide bonds. The van der Waals surface area contributed by atoms with Crippen LogP contribution in [0.3, 0.4) is 0 Å². The van der Waals surface area contributed by atoms with Crippen molar-refractivity contribution in [2.45, 2.75) is 25.7 Å². The first-order chi connectivity index (χ1) is 51.9. The monoisotopic (exact) mass is 1410 g/mol. The van der Waals surface area contributed by atoms with Crippen LogP contribution in [0, 0.1) is 0 Å². The zero-order valence-corrected chi connectivity index (χ0v) is 59.4. The third-order valence-corrected chi connectivity index (χ3v) is 34.4. The van der Waals surface area contributed by atoms with Gasteiger partial charge in [-0.2, -0.15) is 0 Å². The van der Waals surface area contributed by atoms with E-state index in [1.165, 1.54) is 193 Å². The Bertz CT molecular complexity index is 5910. The van der Waals surface area contributed by atoms with E-state index in [2.05, 4.69) is 287 Å². The molecule has 0 aromatic heterocycles. The molecule has 0 atom stereocenters. The topological polar surface area (TPSA) is 49.9 Å². The first kappa shape index (κ1) is 58.1. The van der Waals surface area contributed by atoms with E-state index in [0.717, 1.165) is 48.4 Å². The SMILES string of the molecule is C1=C2Cc3cc4c(cc3=C2N(c2cc[c]([Ge]([c]3ccc(N5COC=C6Cc7cc8c(cc7=C65)-c5ccccc5C=8)cc3)([c]3ccc(N5COC=C6Cc7cc8c(cc7=C65)-c5ccccc5C=8)cc3)[c]3ccc(N5COC=C6Cc7cc8c(cc7=C65)-c5ccccc5C=8)cc3)cc2)CO1)-c1ccccc1C=4. The Morgan fingerprint density at radius 3 is 0.705 bits per heavy atom. The molecule has 8 aliphatic carbocycles. The second-order valence-corrected chi connectivity index (χ2v) is 37.8. The minimum absolute atomic E-state index is 0.410. The Morgan fingerprint density at radius 2 is 0.467 bits per heavy atom. The van der Waals surface area contributed by atoms with Crippen LogP contribution in [-0.2, 0) is 44.6 Å². The molecule has 0 spiro atoms. The molecule has 8 nitrogen and oxygen atoms in total. The summed E-state index contributed by atoms with van der Waals surface area (Å²) in [6.45, 7) is 1.64. The third-order valence-electron chi connectivity index (χ3n) is 24.4. The van der Waals surface area contributed by atoms with Crippen LogP contribution in [0.5, 0.6) is 0 Å². The van der Waals surface area contributed by atoms with Crippen LogP contribution in [0.2, 0.25) is 0 Å². The van der Waals surface area contributed by atoms with Gasteiger partial charge in [0.15, 0.2) is 0 Å². The molecule has 9 heteroatoms. The number of anilines is 4. The van der Waals surface area contributed by atoms with Crippen molar-refractivity contribution < 1.29 is 18.9 Å². The zero-order chi connectivity index (χ0) is 68.3. The fourth-order valence-electron chi connectivity index (χ4n) is 19.7. The van der Waals surface area contributed by atoms with Crippen molar-refractivity contribution in [2.24, 2.45) is 0 Å². The van der Waals surface area contributed by atoms with Crippen LogP contribution in [0.1, 0.15) is 44.5 Å². The van der Waals surface area contributed by atoms with Crippen molar-refractivity contribution in [1.29, 1.82) is 0 Å². The Balaban J connectivity index is 0.689. The predicted molar refractivity (Wildman–Crippen MR) is 423 cm³/mol. The third kappa shape index (κ3) is 8.39. The second kappa shape index (κ2) is 21.8. The summed E-state index contributed by atoms with van der Waals surface area (Å²) < 4.78 is 31.1. The van der Waals surface area contributed by atoms with Gasteiger partial charge in [0.05, 0.1) is 0 Å². The van der Waals surface area contributed by atoms with Gasteiger partial charge < -0.3 is 0 Å². The van der Waals surface area contributed by atoms with Crippen LogP contribution in [0.4, 0.5) is 22.7 Å². The summed E-state index contributed by atoms with van der Waals surface area (Å²) in [7, 11) is 0. The van der Waals surface area contributed by atoms with Gasteiger partial charge in [-0.05, 0) is 0 Å². The summed E-state index contributed by atoms with van der Waals surface area (Å²) in [6.07, 6.45) is 20.7. The van der Waals surface area contributed by atoms with Crippen LogP contribution in [-0.4, -0.2) is 40.2 Å². The average Bonchev–Trinajstić information content (AvgIpc) is 1.61. The molecule has 0 fully saturated rings. The molecule has 105 heavy (non-hydrogen) atoms. The van der Waals surface area contributed by atoms with Gasteiger partial charge in [-0.1, -0.05) is 24.3 Å². The molecule has 4 heterocycles. The van der Waals surface area contributed by atoms with Gasteiger partial charge in [0.25, 0.3) is 0 Å². The molecule has 0 radical (unpaired) electrons. The van der Waals surface area contributed by atoms with Gasteiger partial charge in [-0.3, -0.25) is 0 Å². The molecule has 496 valence electrons. The number of ether oxygens (including phenoxy) is 4. The molecule has 0 unspecified atom stereocenters. The maximum atomic E-state index is 6.45. The molecule has 12 aliphatic rings. The summed E-state index contributed by atoms with van der Waals surface area (Å²) in [6, 6.07) is 93.3. The van der Waals surface area contributed by atoms with E-state index in [-0.39, 0.29) is 0 Å². The molecule has 4 aliphatic heterocycles. The van der Waals surface area contributed by atoms with Crippen LogP contribution in [0.15, 0.2) is 290 Å². The van der Waals surface area contributed by atoms with Gasteiger partial charge >= 0.3 is 588 Å². The molecular formula is C96H64GeN4O4. The zero-order valence-electron chi connectivity index (χ0n) is 57.3. The van der Waals surface area contributed by atoms with E-state index in [1.807, 2.05) is 25.0 Å². The van der Waals surface area contributed by atoms with E-state index in [1.54, 1.807) is 0 Å². The maximum absolute atomic E-state index is 6.45. The fraction of sp³-hybridized carbons (Fsp3) is 0.0833. The van der Waals surface area contributed by atoms with Crippen molar-refractivity contribution in [3.63, 3.8) is 0 Å². The molecule has 24 rings (SSSR count). The van der Waals surface area contributed by atoms with E-state index >= 15 is 0 Å².